The van der Waals surface area contributed by atoms with E-state index in [0.717, 1.165) is 24.3 Å². The van der Waals surface area contributed by atoms with Gasteiger partial charge in [-0.2, -0.15) is 26.3 Å². The van der Waals surface area contributed by atoms with E-state index in [1.165, 1.54) is 12.1 Å². The molecule has 0 amide bonds. The zero-order valence-corrected chi connectivity index (χ0v) is 13.4. The molecule has 25 heavy (non-hydrogen) atoms. The average Bonchev–Trinajstić information content (AvgIpc) is 2.44. The Morgan fingerprint density at radius 1 is 0.680 bits per heavy atom. The van der Waals surface area contributed by atoms with Crippen molar-refractivity contribution in [2.45, 2.75) is 12.4 Å². The van der Waals surface area contributed by atoms with Gasteiger partial charge in [-0.1, -0.05) is 35.3 Å². The van der Waals surface area contributed by atoms with Crippen LogP contribution < -0.4 is 9.31 Å². The highest BCUT2D eigenvalue weighted by Crippen LogP contribution is 2.42. The van der Waals surface area contributed by atoms with E-state index in [1.54, 1.807) is 0 Å². The van der Waals surface area contributed by atoms with Gasteiger partial charge in [0.15, 0.2) is 0 Å². The molecule has 0 N–H and O–H groups in total. The predicted octanol–water partition coefficient (Wildman–Crippen LogP) is 6.02. The van der Waals surface area contributed by atoms with Crippen LogP contribution in [0.3, 0.4) is 0 Å². The number of rotatable bonds is 4. The lowest BCUT2D eigenvalue weighted by molar-refractivity contribution is -0.138. The first-order chi connectivity index (χ1) is 11.5. The van der Waals surface area contributed by atoms with Gasteiger partial charge in [0.25, 0.3) is 0 Å². The minimum absolute atomic E-state index is 0.335. The van der Waals surface area contributed by atoms with Crippen LogP contribution in [0.15, 0.2) is 36.4 Å². The SMILES string of the molecule is FC(F)(F)c1c(Cl)cccc1O[B]Oc1cccc(Cl)c1C(F)(F)F. The van der Waals surface area contributed by atoms with E-state index in [1.807, 2.05) is 0 Å². The molecule has 11 heteroatoms. The van der Waals surface area contributed by atoms with Gasteiger partial charge in [0.05, 0.1) is 10.0 Å². The summed E-state index contributed by atoms with van der Waals surface area (Å²) in [5.41, 5.74) is -2.56. The summed E-state index contributed by atoms with van der Waals surface area (Å²) < 4.78 is 87.1. The Hall–Kier alpha value is -1.74. The maximum atomic E-state index is 12.9. The van der Waals surface area contributed by atoms with Gasteiger partial charge < -0.3 is 9.31 Å². The topological polar surface area (TPSA) is 18.5 Å². The Balaban J connectivity index is 2.21. The first-order valence-corrected chi connectivity index (χ1v) is 7.14. The van der Waals surface area contributed by atoms with Gasteiger partial charge in [0.1, 0.15) is 22.6 Å². The van der Waals surface area contributed by atoms with Crippen molar-refractivity contribution in [1.29, 1.82) is 0 Å². The standard InChI is InChI=1S/C14H6BCl2F6O2/c16-7-3-1-5-9(11(7)13(18,19)20)24-15-25-10-6-2-4-8(17)12(10)14(21,22)23/h1-6H. The normalized spacial score (nSPS) is 12.0. The number of benzene rings is 2. The summed E-state index contributed by atoms with van der Waals surface area (Å²) in [5, 5.41) is -1.26. The van der Waals surface area contributed by atoms with Gasteiger partial charge in [-0.05, 0) is 24.3 Å². The Morgan fingerprint density at radius 3 is 1.36 bits per heavy atom. The largest absolute Gasteiger partial charge is 0.658 e. The second-order valence-electron chi connectivity index (χ2n) is 4.55. The highest BCUT2D eigenvalue weighted by Gasteiger charge is 2.38. The monoisotopic (exact) mass is 401 g/mol. The van der Waals surface area contributed by atoms with E-state index >= 15 is 0 Å². The van der Waals surface area contributed by atoms with E-state index < -0.39 is 45.0 Å². The molecule has 2 aromatic rings. The molecule has 0 aliphatic rings. The van der Waals surface area contributed by atoms with Crippen molar-refractivity contribution in [1.82, 2.24) is 0 Å². The summed E-state index contributed by atoms with van der Waals surface area (Å²) in [7, 11) is 0.335. The molecule has 1 radical (unpaired) electrons. The molecule has 2 aromatic carbocycles. The maximum absolute atomic E-state index is 12.9. The molecule has 0 saturated carbocycles. The molecule has 0 atom stereocenters. The number of hydrogen-bond donors (Lipinski definition) is 0. The quantitative estimate of drug-likeness (QED) is 0.460. The second-order valence-corrected chi connectivity index (χ2v) is 5.37. The van der Waals surface area contributed by atoms with E-state index in [9.17, 15) is 26.3 Å². The number of alkyl halides is 6. The van der Waals surface area contributed by atoms with E-state index in [0.29, 0.717) is 7.69 Å². The molecule has 0 spiro atoms. The van der Waals surface area contributed by atoms with Crippen LogP contribution >= 0.6 is 23.2 Å². The predicted molar refractivity (Wildman–Crippen MR) is 79.9 cm³/mol. The highest BCUT2D eigenvalue weighted by molar-refractivity contribution is 6.32. The van der Waals surface area contributed by atoms with Crippen molar-refractivity contribution in [2.75, 3.05) is 0 Å². The van der Waals surface area contributed by atoms with Crippen LogP contribution in [-0.4, -0.2) is 7.69 Å². The second kappa shape index (κ2) is 7.25. The molecule has 0 bridgehead atoms. The summed E-state index contributed by atoms with van der Waals surface area (Å²) in [6.45, 7) is 0. The first kappa shape index (κ1) is 19.6. The lowest BCUT2D eigenvalue weighted by atomic mass is 10.1. The molecule has 0 aromatic heterocycles. The molecular weight excluding hydrogens is 396 g/mol. The van der Waals surface area contributed by atoms with Gasteiger partial charge in [0.2, 0.25) is 0 Å². The smallest absolute Gasteiger partial charge is 0.526 e. The van der Waals surface area contributed by atoms with Crippen LogP contribution in [0, 0.1) is 0 Å². The molecule has 0 fully saturated rings. The summed E-state index contributed by atoms with van der Waals surface area (Å²) in [6, 6.07) is 6.24. The molecule has 0 aliphatic carbocycles. The lowest BCUT2D eigenvalue weighted by Gasteiger charge is -2.17. The Labute approximate surface area is 148 Å². The van der Waals surface area contributed by atoms with Crippen LogP contribution in [0.1, 0.15) is 11.1 Å². The fraction of sp³-hybridized carbons (Fsp3) is 0.143. The lowest BCUT2D eigenvalue weighted by Crippen LogP contribution is -2.17. The molecule has 0 saturated heterocycles. The minimum Gasteiger partial charge on any atom is -0.526 e. The van der Waals surface area contributed by atoms with Crippen LogP contribution in [0.2, 0.25) is 10.0 Å². The number of halogens is 8. The average molecular weight is 402 g/mol. The maximum Gasteiger partial charge on any atom is 0.658 e. The third-order valence-corrected chi connectivity index (χ3v) is 3.50. The summed E-state index contributed by atoms with van der Waals surface area (Å²) in [6.07, 6.45) is -9.65. The fourth-order valence-corrected chi connectivity index (χ4v) is 2.43. The van der Waals surface area contributed by atoms with Crippen molar-refractivity contribution < 1.29 is 35.7 Å². The van der Waals surface area contributed by atoms with Gasteiger partial charge >= 0.3 is 20.0 Å². The van der Waals surface area contributed by atoms with Gasteiger partial charge in [-0.3, -0.25) is 0 Å². The molecule has 2 rings (SSSR count). The highest BCUT2D eigenvalue weighted by atomic mass is 35.5. The van der Waals surface area contributed by atoms with Crippen molar-refractivity contribution >= 4 is 30.9 Å². The Kier molecular flexibility index (Phi) is 5.68. The molecule has 133 valence electrons. The molecule has 0 aliphatic heterocycles. The van der Waals surface area contributed by atoms with Crippen molar-refractivity contribution in [3.8, 4) is 11.5 Å². The zero-order valence-electron chi connectivity index (χ0n) is 11.9. The number of hydrogen-bond acceptors (Lipinski definition) is 2. The molecule has 0 unspecified atom stereocenters. The zero-order chi connectivity index (χ0) is 18.8. The van der Waals surface area contributed by atoms with Gasteiger partial charge in [0, 0.05) is 0 Å². The van der Waals surface area contributed by atoms with Crippen molar-refractivity contribution in [2.24, 2.45) is 0 Å². The Bertz CT molecular complexity index is 700. The van der Waals surface area contributed by atoms with Crippen molar-refractivity contribution in [3.63, 3.8) is 0 Å². The molecular formula is C14H6BCl2F6O2. The third-order valence-electron chi connectivity index (χ3n) is 2.87. The van der Waals surface area contributed by atoms with Crippen LogP contribution in [-0.2, 0) is 12.4 Å². The van der Waals surface area contributed by atoms with E-state index in [4.69, 9.17) is 32.5 Å². The minimum atomic E-state index is -4.82. The molecule has 0 heterocycles. The summed E-state index contributed by atoms with van der Waals surface area (Å²) in [4.78, 5) is 0. The van der Waals surface area contributed by atoms with Crippen LogP contribution in [0.4, 0.5) is 26.3 Å². The summed E-state index contributed by atoms with van der Waals surface area (Å²) >= 11 is 11.0. The van der Waals surface area contributed by atoms with Gasteiger partial charge in [-0.15, -0.1) is 0 Å². The van der Waals surface area contributed by atoms with Gasteiger partial charge in [-0.25, -0.2) is 0 Å². The van der Waals surface area contributed by atoms with E-state index in [-0.39, 0.29) is 0 Å². The van der Waals surface area contributed by atoms with Crippen LogP contribution in [0.25, 0.3) is 0 Å². The first-order valence-electron chi connectivity index (χ1n) is 6.38. The fourth-order valence-electron chi connectivity index (χ4n) is 1.88. The summed E-state index contributed by atoms with van der Waals surface area (Å²) in [5.74, 6) is -1.45. The van der Waals surface area contributed by atoms with Crippen LogP contribution in [0.5, 0.6) is 11.5 Å². The molecule has 2 nitrogen and oxygen atoms in total. The van der Waals surface area contributed by atoms with E-state index in [2.05, 4.69) is 0 Å². The van der Waals surface area contributed by atoms with Crippen molar-refractivity contribution in [3.05, 3.63) is 57.6 Å². The third kappa shape index (κ3) is 4.67. The Morgan fingerprint density at radius 2 is 1.04 bits per heavy atom.